The molecule has 0 aliphatic carbocycles. The van der Waals surface area contributed by atoms with Crippen molar-refractivity contribution >= 4 is 23.4 Å². The molecule has 9 heteroatoms. The largest absolute Gasteiger partial charge is 0.497 e. The molecule has 8 nitrogen and oxygen atoms in total. The van der Waals surface area contributed by atoms with Crippen LogP contribution in [0.5, 0.6) is 17.2 Å². The number of carbonyl (C=O) groups excluding carboxylic acids is 1. The first kappa shape index (κ1) is 21.5. The number of aromatic nitrogens is 3. The molecule has 2 aromatic carbocycles. The Bertz CT molecular complexity index is 1000. The van der Waals surface area contributed by atoms with Gasteiger partial charge in [-0.2, -0.15) is 0 Å². The second-order valence-corrected chi connectivity index (χ2v) is 7.17. The van der Waals surface area contributed by atoms with Crippen molar-refractivity contribution in [1.29, 1.82) is 0 Å². The number of nitrogens with zero attached hydrogens (tertiary/aromatic N) is 3. The van der Waals surface area contributed by atoms with Crippen LogP contribution in [0.1, 0.15) is 6.92 Å². The quantitative estimate of drug-likeness (QED) is 0.521. The summed E-state index contributed by atoms with van der Waals surface area (Å²) in [5, 5.41) is 12.0. The lowest BCUT2D eigenvalue weighted by atomic mass is 10.2. The molecule has 0 radical (unpaired) electrons. The first-order chi connectivity index (χ1) is 14.5. The Morgan fingerprint density at radius 2 is 1.80 bits per heavy atom. The van der Waals surface area contributed by atoms with Gasteiger partial charge in [-0.25, -0.2) is 0 Å². The van der Waals surface area contributed by atoms with Gasteiger partial charge in [-0.3, -0.25) is 4.79 Å². The summed E-state index contributed by atoms with van der Waals surface area (Å²) in [5.41, 5.74) is 1.47. The number of amides is 1. The molecule has 158 valence electrons. The highest BCUT2D eigenvalue weighted by Crippen LogP contribution is 2.29. The average molecular weight is 429 g/mol. The molecule has 0 saturated carbocycles. The van der Waals surface area contributed by atoms with Crippen LogP contribution in [0.15, 0.2) is 47.6 Å². The summed E-state index contributed by atoms with van der Waals surface area (Å²) in [6.45, 7) is 2.56. The van der Waals surface area contributed by atoms with Gasteiger partial charge < -0.3 is 24.1 Å². The maximum Gasteiger partial charge on any atom is 0.234 e. The summed E-state index contributed by atoms with van der Waals surface area (Å²) >= 11 is 1.31. The Morgan fingerprint density at radius 1 is 1.07 bits per heavy atom. The van der Waals surface area contributed by atoms with Gasteiger partial charge in [0.25, 0.3) is 0 Å². The lowest BCUT2D eigenvalue weighted by molar-refractivity contribution is -0.113. The van der Waals surface area contributed by atoms with E-state index in [1.165, 1.54) is 11.8 Å². The van der Waals surface area contributed by atoms with Gasteiger partial charge in [0.15, 0.2) is 11.0 Å². The fourth-order valence-electron chi connectivity index (χ4n) is 2.79. The Hall–Kier alpha value is -3.20. The van der Waals surface area contributed by atoms with E-state index in [9.17, 15) is 4.79 Å². The molecule has 0 aliphatic heterocycles. The molecule has 1 N–H and O–H groups in total. The number of anilines is 1. The van der Waals surface area contributed by atoms with E-state index in [4.69, 9.17) is 14.2 Å². The summed E-state index contributed by atoms with van der Waals surface area (Å²) in [7, 11) is 4.99. The zero-order valence-corrected chi connectivity index (χ0v) is 18.2. The van der Waals surface area contributed by atoms with Crippen LogP contribution in [0.4, 0.5) is 5.69 Å². The van der Waals surface area contributed by atoms with Gasteiger partial charge in [-0.1, -0.05) is 11.8 Å². The Balaban J connectivity index is 1.65. The second kappa shape index (κ2) is 10.0. The molecular formula is C21H24N4O4S. The van der Waals surface area contributed by atoms with Crippen molar-refractivity contribution in [3.05, 3.63) is 42.5 Å². The predicted octanol–water partition coefficient (Wildman–Crippen LogP) is 3.63. The molecule has 1 amide bonds. The molecule has 1 heterocycles. The fourth-order valence-corrected chi connectivity index (χ4v) is 3.50. The molecule has 0 aliphatic rings. The van der Waals surface area contributed by atoms with Gasteiger partial charge in [0.2, 0.25) is 5.91 Å². The van der Waals surface area contributed by atoms with E-state index in [1.54, 1.807) is 32.4 Å². The van der Waals surface area contributed by atoms with Gasteiger partial charge in [0.1, 0.15) is 17.2 Å². The van der Waals surface area contributed by atoms with Gasteiger partial charge in [0, 0.05) is 18.7 Å². The van der Waals surface area contributed by atoms with E-state index in [0.717, 1.165) is 17.1 Å². The molecule has 3 rings (SSSR count). The van der Waals surface area contributed by atoms with E-state index < -0.39 is 0 Å². The lowest BCUT2D eigenvalue weighted by Gasteiger charge is -2.11. The number of thioether (sulfide) groups is 1. The first-order valence-electron chi connectivity index (χ1n) is 9.33. The van der Waals surface area contributed by atoms with Gasteiger partial charge in [-0.15, -0.1) is 10.2 Å². The van der Waals surface area contributed by atoms with E-state index in [1.807, 2.05) is 42.8 Å². The first-order valence-corrected chi connectivity index (χ1v) is 10.3. The SMILES string of the molecule is CCOc1ccc(-c2nnc(SCC(=O)Nc3cc(OC)ccc3OC)n2C)cc1. The van der Waals surface area contributed by atoms with Crippen molar-refractivity contribution < 1.29 is 19.0 Å². The number of rotatable bonds is 9. The van der Waals surface area contributed by atoms with Crippen molar-refractivity contribution in [2.75, 3.05) is 31.9 Å². The topological polar surface area (TPSA) is 87.5 Å². The molecule has 0 saturated heterocycles. The maximum absolute atomic E-state index is 12.4. The number of ether oxygens (including phenoxy) is 3. The third-order valence-corrected chi connectivity index (χ3v) is 5.29. The highest BCUT2D eigenvalue weighted by molar-refractivity contribution is 7.99. The summed E-state index contributed by atoms with van der Waals surface area (Å²) in [5.74, 6) is 2.71. The molecule has 0 unspecified atom stereocenters. The summed E-state index contributed by atoms with van der Waals surface area (Å²) in [6, 6.07) is 12.9. The van der Waals surface area contributed by atoms with Crippen molar-refractivity contribution in [1.82, 2.24) is 14.8 Å². The monoisotopic (exact) mass is 428 g/mol. The minimum absolute atomic E-state index is 0.176. The number of hydrogen-bond donors (Lipinski definition) is 1. The number of nitrogens with one attached hydrogen (secondary N) is 1. The highest BCUT2D eigenvalue weighted by Gasteiger charge is 2.14. The second-order valence-electron chi connectivity index (χ2n) is 6.23. The standard InChI is InChI=1S/C21H24N4O4S/c1-5-29-15-8-6-14(7-9-15)20-23-24-21(25(20)2)30-13-19(26)22-17-12-16(27-3)10-11-18(17)28-4/h6-12H,5,13H2,1-4H3,(H,22,26). The van der Waals surface area contributed by atoms with Crippen molar-refractivity contribution in [2.24, 2.45) is 7.05 Å². The molecule has 0 fully saturated rings. The Morgan fingerprint density at radius 3 is 2.47 bits per heavy atom. The summed E-state index contributed by atoms with van der Waals surface area (Å²) in [6.07, 6.45) is 0. The van der Waals surface area contributed by atoms with Crippen LogP contribution in [0.25, 0.3) is 11.4 Å². The number of hydrogen-bond acceptors (Lipinski definition) is 7. The van der Waals surface area contributed by atoms with Crippen LogP contribution in [-0.2, 0) is 11.8 Å². The third-order valence-electron chi connectivity index (χ3n) is 4.27. The predicted molar refractivity (Wildman–Crippen MR) is 117 cm³/mol. The Kier molecular flexibility index (Phi) is 7.18. The van der Waals surface area contributed by atoms with Crippen molar-refractivity contribution in [2.45, 2.75) is 12.1 Å². The normalized spacial score (nSPS) is 10.5. The van der Waals surface area contributed by atoms with E-state index >= 15 is 0 Å². The van der Waals surface area contributed by atoms with Gasteiger partial charge in [-0.05, 0) is 43.3 Å². The molecule has 0 spiro atoms. The molecule has 1 aromatic heterocycles. The van der Waals surface area contributed by atoms with Crippen LogP contribution >= 0.6 is 11.8 Å². The minimum atomic E-state index is -0.183. The van der Waals surface area contributed by atoms with Crippen LogP contribution in [0, 0.1) is 0 Å². The fraction of sp³-hybridized carbons (Fsp3) is 0.286. The highest BCUT2D eigenvalue weighted by atomic mass is 32.2. The zero-order chi connectivity index (χ0) is 21.5. The van der Waals surface area contributed by atoms with Crippen LogP contribution < -0.4 is 19.5 Å². The van der Waals surface area contributed by atoms with Crippen molar-refractivity contribution in [3.63, 3.8) is 0 Å². The molecule has 30 heavy (non-hydrogen) atoms. The molecule has 0 atom stereocenters. The third kappa shape index (κ3) is 5.04. The van der Waals surface area contributed by atoms with Gasteiger partial charge in [0.05, 0.1) is 32.3 Å². The average Bonchev–Trinajstić information content (AvgIpc) is 3.13. The number of carbonyl (C=O) groups is 1. The van der Waals surface area contributed by atoms with Crippen LogP contribution in [-0.4, -0.2) is 47.3 Å². The maximum atomic E-state index is 12.4. The summed E-state index contributed by atoms with van der Waals surface area (Å²) in [4.78, 5) is 12.4. The zero-order valence-electron chi connectivity index (χ0n) is 17.3. The number of methoxy groups -OCH3 is 2. The summed E-state index contributed by atoms with van der Waals surface area (Å²) < 4.78 is 17.8. The smallest absolute Gasteiger partial charge is 0.234 e. The number of benzene rings is 2. The van der Waals surface area contributed by atoms with Crippen molar-refractivity contribution in [3.8, 4) is 28.6 Å². The molecule has 0 bridgehead atoms. The van der Waals surface area contributed by atoms with E-state index in [0.29, 0.717) is 28.9 Å². The van der Waals surface area contributed by atoms with E-state index in [-0.39, 0.29) is 11.7 Å². The molecular weight excluding hydrogens is 404 g/mol. The lowest BCUT2D eigenvalue weighted by Crippen LogP contribution is -2.15. The Labute approximate surface area is 179 Å². The minimum Gasteiger partial charge on any atom is -0.497 e. The van der Waals surface area contributed by atoms with Crippen LogP contribution in [0.2, 0.25) is 0 Å². The molecule has 3 aromatic rings. The van der Waals surface area contributed by atoms with Crippen LogP contribution in [0.3, 0.4) is 0 Å². The van der Waals surface area contributed by atoms with Gasteiger partial charge >= 0.3 is 0 Å². The van der Waals surface area contributed by atoms with E-state index in [2.05, 4.69) is 15.5 Å².